The average molecular weight is 978 g/mol. The Morgan fingerprint density at radius 2 is 1.54 bits per heavy atom. The first-order valence-corrected chi connectivity index (χ1v) is 26.1. The number of fused-ring (bicyclic) bond motifs is 5. The quantitative estimate of drug-likeness (QED) is 0.0812. The Bertz CT molecular complexity index is 2420. The van der Waals surface area contributed by atoms with Gasteiger partial charge in [0.05, 0.1) is 30.1 Å². The van der Waals surface area contributed by atoms with Gasteiger partial charge in [-0.1, -0.05) is 83.1 Å². The van der Waals surface area contributed by atoms with Crippen LogP contribution in [0.4, 0.5) is 4.79 Å². The number of amides is 1. The van der Waals surface area contributed by atoms with E-state index >= 15 is 9.59 Å². The Morgan fingerprint density at radius 1 is 0.913 bits per heavy atom. The molecule has 374 valence electrons. The minimum absolute atomic E-state index is 0.0574. The first-order valence-electron chi connectivity index (χ1n) is 23.2. The van der Waals surface area contributed by atoms with E-state index in [1.807, 2.05) is 33.9 Å². The van der Waals surface area contributed by atoms with Crippen LogP contribution < -0.4 is 5.32 Å². The Morgan fingerprint density at radius 3 is 2.10 bits per heavy atom. The van der Waals surface area contributed by atoms with Crippen molar-refractivity contribution in [3.63, 3.8) is 0 Å². The predicted molar refractivity (Wildman–Crippen MR) is 244 cm³/mol. The Kier molecular flexibility index (Phi) is 13.7. The number of Topliss-reactive ketones (excluding diaryl/α,β-unsaturated/α-hetero) is 1. The number of benzene rings is 2. The summed E-state index contributed by atoms with van der Waals surface area (Å²) >= 11 is 0. The molecule has 5 aliphatic rings. The zero-order chi connectivity index (χ0) is 50.8. The molecule has 18 nitrogen and oxygen atoms in total. The summed E-state index contributed by atoms with van der Waals surface area (Å²) in [5.41, 5.74) is -6.66. The van der Waals surface area contributed by atoms with Gasteiger partial charge in [-0.25, -0.2) is 9.59 Å². The fraction of sp³-hybridized carbons (Fsp3) is 0.580. The monoisotopic (exact) mass is 977 g/mol. The normalized spacial score (nSPS) is 32.1. The first kappa shape index (κ1) is 51.4. The number of aliphatic hydroxyl groups excluding tert-OH is 2. The van der Waals surface area contributed by atoms with E-state index in [9.17, 15) is 39.3 Å². The van der Waals surface area contributed by atoms with Crippen LogP contribution in [0.15, 0.2) is 71.8 Å². The lowest BCUT2D eigenvalue weighted by Gasteiger charge is -2.67. The molecule has 69 heavy (non-hydrogen) atoms. The van der Waals surface area contributed by atoms with E-state index in [0.717, 1.165) is 6.92 Å². The molecule has 2 heterocycles. The molecule has 2 saturated heterocycles. The van der Waals surface area contributed by atoms with Gasteiger partial charge in [-0.3, -0.25) is 24.0 Å². The smallest absolute Gasteiger partial charge is 0.481 e. The highest BCUT2D eigenvalue weighted by molar-refractivity contribution is 6.74. The maximum absolute atomic E-state index is 15.7. The number of ketones is 1. The number of carboxylic acids is 1. The third kappa shape index (κ3) is 8.67. The van der Waals surface area contributed by atoms with Gasteiger partial charge in [0.25, 0.3) is 5.91 Å². The molecular weight excluding hydrogens is 915 g/mol. The second-order valence-corrected chi connectivity index (χ2v) is 25.9. The summed E-state index contributed by atoms with van der Waals surface area (Å²) in [6.07, 6.45) is -14.3. The number of rotatable bonds is 14. The fourth-order valence-corrected chi connectivity index (χ4v) is 12.2. The van der Waals surface area contributed by atoms with E-state index in [1.165, 1.54) is 6.92 Å². The van der Waals surface area contributed by atoms with Gasteiger partial charge in [0.2, 0.25) is 0 Å². The minimum Gasteiger partial charge on any atom is -0.481 e. The van der Waals surface area contributed by atoms with Crippen molar-refractivity contribution >= 4 is 50.0 Å². The van der Waals surface area contributed by atoms with Crippen molar-refractivity contribution in [2.45, 2.75) is 159 Å². The second kappa shape index (κ2) is 18.4. The Balaban J connectivity index is 1.40. The van der Waals surface area contributed by atoms with E-state index in [-0.39, 0.29) is 30.4 Å². The fourth-order valence-electron chi connectivity index (χ4n) is 11.0. The summed E-state index contributed by atoms with van der Waals surface area (Å²) in [7, 11) is -2.94. The number of carbonyl (C=O) groups excluding carboxylic acids is 6. The molecule has 4 N–H and O–H groups in total. The summed E-state index contributed by atoms with van der Waals surface area (Å²) < 4.78 is 43.9. The van der Waals surface area contributed by atoms with Gasteiger partial charge in [0.1, 0.15) is 18.3 Å². The molecule has 4 fully saturated rings. The third-order valence-electron chi connectivity index (χ3n) is 15.7. The third-order valence-corrected chi connectivity index (χ3v) is 20.1. The van der Waals surface area contributed by atoms with Crippen LogP contribution in [0.1, 0.15) is 103 Å². The molecule has 2 aromatic carbocycles. The maximum Gasteiger partial charge on any atom is 0.509 e. The summed E-state index contributed by atoms with van der Waals surface area (Å²) in [6.45, 7) is 16.6. The molecule has 2 saturated carbocycles. The standard InChI is InChI=1S/C50H63NO17Si/c1-26-30(64-44(60)37(68-69(9,10)46(3,4)5)34(28-18-13-11-14-19-28)51-43(59)29-20-15-12-16-21-29)24-50-42(65-45(61)67-50)38-48(8,40(58)36(63-27(2)52)33(26)47(50,6)7)39(57)35(56)41-49(38,25-62-41)66-32(55)23-17-22-31(53)54/h11-16,18-21,30,34-39,41-42,56-57H,17,22-25H2,1-10H3,(H,51,59)(H,53,54)/t30-,34-,35-,36+,37+,38-,39+,41+,42-,48-,49+,50+/m0/s1. The number of carbonyl (C=O) groups is 7. The summed E-state index contributed by atoms with van der Waals surface area (Å²) in [5.74, 6) is -7.00. The lowest BCUT2D eigenvalue weighted by Crippen LogP contribution is -2.84. The second-order valence-electron chi connectivity index (χ2n) is 21.1. The molecule has 0 radical (unpaired) electrons. The zero-order valence-electron chi connectivity index (χ0n) is 40.6. The topological polar surface area (TPSA) is 257 Å². The number of carboxylic acid groups (broad SMARTS) is 1. The van der Waals surface area contributed by atoms with Crippen LogP contribution in [0.5, 0.6) is 0 Å². The molecule has 12 atom stereocenters. The minimum atomic E-state index is -2.94. The molecule has 3 aliphatic carbocycles. The molecule has 1 amide bonds. The highest BCUT2D eigenvalue weighted by atomic mass is 28.4. The molecule has 1 spiro atoms. The van der Waals surface area contributed by atoms with Gasteiger partial charge in [-0.2, -0.15) is 0 Å². The Labute approximate surface area is 401 Å². The largest absolute Gasteiger partial charge is 0.509 e. The van der Waals surface area contributed by atoms with Gasteiger partial charge >= 0.3 is 30.0 Å². The van der Waals surface area contributed by atoms with Gasteiger partial charge in [-0.15, -0.1) is 0 Å². The summed E-state index contributed by atoms with van der Waals surface area (Å²) in [6, 6.07) is 16.1. The average Bonchev–Trinajstić information content (AvgIpc) is 3.59. The molecule has 2 aromatic rings. The Hall–Kier alpha value is -5.47. The van der Waals surface area contributed by atoms with Crippen molar-refractivity contribution in [2.24, 2.45) is 16.7 Å². The number of nitrogens with one attached hydrogen (secondary N) is 1. The first-order chi connectivity index (χ1) is 32.1. The number of ether oxygens (including phenoxy) is 6. The van der Waals surface area contributed by atoms with Crippen LogP contribution >= 0.6 is 0 Å². The summed E-state index contributed by atoms with van der Waals surface area (Å²) in [4.78, 5) is 97.3. The SMILES string of the molecule is CC(=O)O[C@H]1C(=O)[C@]2(C)[C@H](O)[C@H](O)[C@H]3OC[C@@]3(OC(=O)CCCC(=O)O)[C@H]2[C@@H]2OC(=O)O[C@]23C[C@H](OC(=O)[C@H](O[Si](C)(C)C(C)(C)C)[C@@H](NC(=O)c2ccccc2)c2ccccc2)C(C)=C1C3(C)C. The highest BCUT2D eigenvalue weighted by Gasteiger charge is 2.82. The van der Waals surface area contributed by atoms with Crippen LogP contribution in [0.25, 0.3) is 0 Å². The van der Waals surface area contributed by atoms with E-state index in [0.29, 0.717) is 11.1 Å². The predicted octanol–water partition coefficient (Wildman–Crippen LogP) is 5.29. The maximum atomic E-state index is 15.7. The molecular formula is C50H63NO17Si. The number of hydrogen-bond donors (Lipinski definition) is 4. The van der Waals surface area contributed by atoms with Crippen molar-refractivity contribution in [1.29, 1.82) is 0 Å². The van der Waals surface area contributed by atoms with E-state index < -0.39 is 145 Å². The lowest BCUT2D eigenvalue weighted by molar-refractivity contribution is -0.363. The van der Waals surface area contributed by atoms with Crippen LogP contribution in [0.3, 0.4) is 0 Å². The van der Waals surface area contributed by atoms with Gasteiger partial charge in [-0.05, 0) is 67.2 Å². The van der Waals surface area contributed by atoms with E-state index in [2.05, 4.69) is 5.32 Å². The van der Waals surface area contributed by atoms with Crippen molar-refractivity contribution in [3.8, 4) is 0 Å². The van der Waals surface area contributed by atoms with Gasteiger partial charge in [0, 0.05) is 37.2 Å². The number of esters is 3. The van der Waals surface area contributed by atoms with Gasteiger partial charge in [0.15, 0.2) is 43.6 Å². The van der Waals surface area contributed by atoms with Crippen molar-refractivity contribution < 1.29 is 81.7 Å². The lowest BCUT2D eigenvalue weighted by atomic mass is 9.44. The highest BCUT2D eigenvalue weighted by Crippen LogP contribution is 2.66. The molecule has 19 heteroatoms. The molecule has 2 bridgehead atoms. The molecule has 7 rings (SSSR count). The molecule has 0 aromatic heterocycles. The number of aliphatic carboxylic acids is 1. The van der Waals surface area contributed by atoms with Crippen LogP contribution in [0.2, 0.25) is 18.1 Å². The van der Waals surface area contributed by atoms with Crippen molar-refractivity contribution in [3.05, 3.63) is 82.9 Å². The molecule has 0 unspecified atom stereocenters. The van der Waals surface area contributed by atoms with Crippen LogP contribution in [0, 0.1) is 16.7 Å². The van der Waals surface area contributed by atoms with Crippen molar-refractivity contribution in [1.82, 2.24) is 5.32 Å². The van der Waals surface area contributed by atoms with Crippen molar-refractivity contribution in [2.75, 3.05) is 6.61 Å². The number of hydrogen-bond acceptors (Lipinski definition) is 16. The van der Waals surface area contributed by atoms with Crippen LogP contribution in [-0.2, 0) is 56.8 Å². The molecule has 2 aliphatic heterocycles. The van der Waals surface area contributed by atoms with Gasteiger partial charge < -0.3 is 53.5 Å². The zero-order valence-corrected chi connectivity index (χ0v) is 41.6. The van der Waals surface area contributed by atoms with E-state index in [4.69, 9.17) is 32.8 Å². The number of aliphatic hydroxyl groups is 2. The van der Waals surface area contributed by atoms with E-state index in [1.54, 1.807) is 81.4 Å². The summed E-state index contributed by atoms with van der Waals surface area (Å²) in [5, 5.41) is 35.7. The van der Waals surface area contributed by atoms with Crippen LogP contribution in [-0.4, -0.2) is 126 Å².